The molecular weight excluding hydrogens is 222 g/mol. The van der Waals surface area contributed by atoms with Gasteiger partial charge in [0.2, 0.25) is 5.91 Å². The number of carbonyl (C=O) groups is 1. The van der Waals surface area contributed by atoms with Crippen LogP contribution >= 0.6 is 0 Å². The molecule has 0 fully saturated rings. The number of allylic oxidation sites excluding steroid dienone is 1. The number of nitrogens with one attached hydrogen (secondary N) is 1. The highest BCUT2D eigenvalue weighted by Gasteiger charge is 2.13. The number of hydrogen-bond acceptors (Lipinski definition) is 1. The van der Waals surface area contributed by atoms with Crippen LogP contribution in [-0.2, 0) is 17.6 Å². The average molecular weight is 243 g/mol. The summed E-state index contributed by atoms with van der Waals surface area (Å²) in [5.41, 5.74) is 5.62. The van der Waals surface area contributed by atoms with Gasteiger partial charge >= 0.3 is 0 Å². The Morgan fingerprint density at radius 2 is 2.22 bits per heavy atom. The van der Waals surface area contributed by atoms with Crippen molar-refractivity contribution in [1.29, 1.82) is 0 Å². The zero-order valence-electron chi connectivity index (χ0n) is 11.3. The van der Waals surface area contributed by atoms with Gasteiger partial charge in [-0.15, -0.1) is 0 Å². The van der Waals surface area contributed by atoms with E-state index in [-0.39, 0.29) is 5.91 Å². The van der Waals surface area contributed by atoms with Crippen LogP contribution in [0.4, 0.5) is 0 Å². The standard InChI is InChI=1S/C16H21NO/c1-3-13-7-8-14-5-4-6-15(16(14)11-13)9-10-17-12(2)18/h7-9,11H,3-6,10H2,1-2H3,(H,17,18)/b15-9-. The lowest BCUT2D eigenvalue weighted by Crippen LogP contribution is -2.19. The van der Waals surface area contributed by atoms with Crippen molar-refractivity contribution in [3.63, 3.8) is 0 Å². The number of amides is 1. The summed E-state index contributed by atoms with van der Waals surface area (Å²) in [7, 11) is 0. The third-order valence-electron chi connectivity index (χ3n) is 3.52. The monoisotopic (exact) mass is 243 g/mol. The number of hydrogen-bond donors (Lipinski definition) is 1. The molecule has 2 rings (SSSR count). The van der Waals surface area contributed by atoms with Gasteiger partial charge in [-0.05, 0) is 47.9 Å². The van der Waals surface area contributed by atoms with E-state index in [1.165, 1.54) is 35.1 Å². The number of carbonyl (C=O) groups excluding carboxylic acids is 1. The second kappa shape index (κ2) is 5.85. The molecule has 1 N–H and O–H groups in total. The van der Waals surface area contributed by atoms with Crippen molar-refractivity contribution in [2.75, 3.05) is 6.54 Å². The molecule has 2 nitrogen and oxygen atoms in total. The van der Waals surface area contributed by atoms with E-state index in [4.69, 9.17) is 0 Å². The molecule has 0 bridgehead atoms. The third-order valence-corrected chi connectivity index (χ3v) is 3.52. The zero-order valence-corrected chi connectivity index (χ0v) is 11.3. The van der Waals surface area contributed by atoms with Crippen molar-refractivity contribution < 1.29 is 4.79 Å². The second-order valence-corrected chi connectivity index (χ2v) is 4.87. The molecule has 0 unspecified atom stereocenters. The minimum absolute atomic E-state index is 0.0326. The Morgan fingerprint density at radius 1 is 1.39 bits per heavy atom. The first-order valence-electron chi connectivity index (χ1n) is 6.76. The van der Waals surface area contributed by atoms with E-state index < -0.39 is 0 Å². The van der Waals surface area contributed by atoms with E-state index >= 15 is 0 Å². The lowest BCUT2D eigenvalue weighted by atomic mass is 9.86. The van der Waals surface area contributed by atoms with E-state index in [2.05, 4.69) is 36.5 Å². The summed E-state index contributed by atoms with van der Waals surface area (Å²) in [6.45, 7) is 4.38. The first-order chi connectivity index (χ1) is 8.70. The van der Waals surface area contributed by atoms with E-state index in [0.29, 0.717) is 6.54 Å². The van der Waals surface area contributed by atoms with Crippen LogP contribution in [0.2, 0.25) is 0 Å². The molecule has 1 aromatic rings. The van der Waals surface area contributed by atoms with Gasteiger partial charge in [0.15, 0.2) is 0 Å². The number of rotatable bonds is 3. The summed E-state index contributed by atoms with van der Waals surface area (Å²) < 4.78 is 0. The topological polar surface area (TPSA) is 29.1 Å². The lowest BCUT2D eigenvalue weighted by Gasteiger charge is -2.20. The maximum absolute atomic E-state index is 10.9. The summed E-state index contributed by atoms with van der Waals surface area (Å²) in [6.07, 6.45) is 6.76. The van der Waals surface area contributed by atoms with Gasteiger partial charge < -0.3 is 5.32 Å². The Balaban J connectivity index is 2.22. The average Bonchev–Trinajstić information content (AvgIpc) is 2.38. The van der Waals surface area contributed by atoms with Gasteiger partial charge in [-0.1, -0.05) is 31.2 Å². The van der Waals surface area contributed by atoms with Gasteiger partial charge in [0.1, 0.15) is 0 Å². The fourth-order valence-corrected chi connectivity index (χ4v) is 2.49. The quantitative estimate of drug-likeness (QED) is 0.868. The molecule has 1 aromatic carbocycles. The highest BCUT2D eigenvalue weighted by molar-refractivity contribution is 5.74. The van der Waals surface area contributed by atoms with Crippen LogP contribution in [0.15, 0.2) is 24.3 Å². The molecule has 1 aliphatic rings. The Morgan fingerprint density at radius 3 is 2.94 bits per heavy atom. The molecule has 1 amide bonds. The Labute approximate surface area is 109 Å². The van der Waals surface area contributed by atoms with Gasteiger partial charge in [-0.25, -0.2) is 0 Å². The summed E-state index contributed by atoms with van der Waals surface area (Å²) >= 11 is 0. The third kappa shape index (κ3) is 3.00. The largest absolute Gasteiger partial charge is 0.353 e. The van der Waals surface area contributed by atoms with E-state index in [9.17, 15) is 4.79 Å². The smallest absolute Gasteiger partial charge is 0.217 e. The van der Waals surface area contributed by atoms with Crippen LogP contribution in [-0.4, -0.2) is 12.5 Å². The molecule has 96 valence electrons. The summed E-state index contributed by atoms with van der Waals surface area (Å²) in [4.78, 5) is 10.9. The van der Waals surface area contributed by atoms with Crippen molar-refractivity contribution in [1.82, 2.24) is 5.32 Å². The maximum atomic E-state index is 10.9. The van der Waals surface area contributed by atoms with Gasteiger partial charge in [-0.2, -0.15) is 0 Å². The van der Waals surface area contributed by atoms with E-state index in [0.717, 1.165) is 12.8 Å². The molecule has 2 heteroatoms. The fraction of sp³-hybridized carbons (Fsp3) is 0.438. The summed E-state index contributed by atoms with van der Waals surface area (Å²) in [5.74, 6) is 0.0326. The molecule has 0 heterocycles. The van der Waals surface area contributed by atoms with Crippen LogP contribution < -0.4 is 5.32 Å². The van der Waals surface area contributed by atoms with Crippen LogP contribution in [0, 0.1) is 0 Å². The van der Waals surface area contributed by atoms with Crippen LogP contribution in [0.5, 0.6) is 0 Å². The van der Waals surface area contributed by atoms with Crippen LogP contribution in [0.1, 0.15) is 43.4 Å². The van der Waals surface area contributed by atoms with Crippen molar-refractivity contribution in [3.05, 3.63) is 41.0 Å². The van der Waals surface area contributed by atoms with Gasteiger partial charge in [-0.3, -0.25) is 4.79 Å². The van der Waals surface area contributed by atoms with Crippen molar-refractivity contribution >= 4 is 11.5 Å². The number of aryl methyl sites for hydroxylation is 2. The first-order valence-corrected chi connectivity index (χ1v) is 6.76. The van der Waals surface area contributed by atoms with Gasteiger partial charge in [0.25, 0.3) is 0 Å². The molecule has 1 aliphatic carbocycles. The second-order valence-electron chi connectivity index (χ2n) is 4.87. The molecule has 0 aliphatic heterocycles. The van der Waals surface area contributed by atoms with Crippen molar-refractivity contribution in [2.45, 2.75) is 39.5 Å². The Bertz CT molecular complexity index is 474. The van der Waals surface area contributed by atoms with E-state index in [1.807, 2.05) is 0 Å². The minimum Gasteiger partial charge on any atom is -0.353 e. The highest BCUT2D eigenvalue weighted by Crippen LogP contribution is 2.31. The van der Waals surface area contributed by atoms with Crippen LogP contribution in [0.3, 0.4) is 0 Å². The molecular formula is C16H21NO. The van der Waals surface area contributed by atoms with Gasteiger partial charge in [0, 0.05) is 13.5 Å². The predicted octanol–water partition coefficient (Wildman–Crippen LogP) is 3.10. The SMILES string of the molecule is CCc1ccc2c(c1)/C(=C\CNC(C)=O)CCC2. The number of fused-ring (bicyclic) bond motifs is 1. The molecule has 0 atom stereocenters. The maximum Gasteiger partial charge on any atom is 0.217 e. The van der Waals surface area contributed by atoms with Crippen molar-refractivity contribution in [2.24, 2.45) is 0 Å². The fourth-order valence-electron chi connectivity index (χ4n) is 2.49. The normalized spacial score (nSPS) is 16.4. The molecule has 0 spiro atoms. The molecule has 0 radical (unpaired) electrons. The summed E-state index contributed by atoms with van der Waals surface area (Å²) in [5, 5.41) is 2.84. The molecule has 18 heavy (non-hydrogen) atoms. The highest BCUT2D eigenvalue weighted by atomic mass is 16.1. The Kier molecular flexibility index (Phi) is 4.19. The summed E-state index contributed by atoms with van der Waals surface area (Å²) in [6, 6.07) is 6.81. The Hall–Kier alpha value is -1.57. The molecule has 0 aromatic heterocycles. The van der Waals surface area contributed by atoms with Crippen molar-refractivity contribution in [3.8, 4) is 0 Å². The van der Waals surface area contributed by atoms with E-state index in [1.54, 1.807) is 6.92 Å². The van der Waals surface area contributed by atoms with Crippen LogP contribution in [0.25, 0.3) is 5.57 Å². The predicted molar refractivity (Wildman–Crippen MR) is 75.4 cm³/mol. The minimum atomic E-state index is 0.0326. The molecule has 0 saturated heterocycles. The number of benzene rings is 1. The zero-order chi connectivity index (χ0) is 13.0. The van der Waals surface area contributed by atoms with Gasteiger partial charge in [0.05, 0.1) is 0 Å². The first kappa shape index (κ1) is 12.9. The lowest BCUT2D eigenvalue weighted by molar-refractivity contribution is -0.118. The molecule has 0 saturated carbocycles.